The van der Waals surface area contributed by atoms with Crippen LogP contribution in [-0.4, -0.2) is 59.2 Å². The Morgan fingerprint density at radius 1 is 0.968 bits per heavy atom. The van der Waals surface area contributed by atoms with Gasteiger partial charge in [0.1, 0.15) is 0 Å². The third-order valence-electron chi connectivity index (χ3n) is 6.57. The number of amides is 3. The summed E-state index contributed by atoms with van der Waals surface area (Å²) in [4.78, 5) is 42.0. The fraction of sp³-hybridized carbons (Fsp3) is 0.480. The molecule has 2 aromatic carbocycles. The lowest BCUT2D eigenvalue weighted by atomic mass is 9.94. The summed E-state index contributed by atoms with van der Waals surface area (Å²) in [5.74, 6) is -0.591. The van der Waals surface area contributed by atoms with Crippen LogP contribution in [0.3, 0.4) is 0 Å². The SMILES string of the molecule is CC(C)(CNC(=O)CCCN1C(=O)c2cccc3cccc(c23)C1=O)N1CCCCC1. The lowest BCUT2D eigenvalue weighted by molar-refractivity contribution is -0.121. The van der Waals surface area contributed by atoms with Crippen molar-refractivity contribution in [1.82, 2.24) is 15.1 Å². The summed E-state index contributed by atoms with van der Waals surface area (Å²) in [6, 6.07) is 11.0. The van der Waals surface area contributed by atoms with Gasteiger partial charge in [0.15, 0.2) is 0 Å². The first-order chi connectivity index (χ1) is 14.9. The highest BCUT2D eigenvalue weighted by Crippen LogP contribution is 2.30. The van der Waals surface area contributed by atoms with Crippen molar-refractivity contribution in [1.29, 1.82) is 0 Å². The molecule has 1 N–H and O–H groups in total. The molecule has 0 aliphatic carbocycles. The lowest BCUT2D eigenvalue weighted by Gasteiger charge is -2.41. The smallest absolute Gasteiger partial charge is 0.261 e. The molecule has 0 spiro atoms. The summed E-state index contributed by atoms with van der Waals surface area (Å²) in [7, 11) is 0. The van der Waals surface area contributed by atoms with Gasteiger partial charge in [0, 0.05) is 41.6 Å². The molecule has 1 saturated heterocycles. The Hall–Kier alpha value is -2.73. The Bertz CT molecular complexity index is 957. The molecule has 2 aliphatic rings. The second-order valence-electron chi connectivity index (χ2n) is 9.21. The molecule has 0 radical (unpaired) electrons. The van der Waals surface area contributed by atoms with Gasteiger partial charge in [-0.15, -0.1) is 0 Å². The van der Waals surface area contributed by atoms with Crippen molar-refractivity contribution in [2.75, 3.05) is 26.2 Å². The van der Waals surface area contributed by atoms with E-state index < -0.39 is 0 Å². The summed E-state index contributed by atoms with van der Waals surface area (Å²) in [5, 5.41) is 4.67. The largest absolute Gasteiger partial charge is 0.354 e. The predicted octanol–water partition coefficient (Wildman–Crippen LogP) is 3.60. The molecule has 0 bridgehead atoms. The van der Waals surface area contributed by atoms with Crippen LogP contribution in [-0.2, 0) is 4.79 Å². The fourth-order valence-electron chi connectivity index (χ4n) is 4.70. The van der Waals surface area contributed by atoms with Crippen molar-refractivity contribution in [2.45, 2.75) is 51.5 Å². The molecule has 2 heterocycles. The Morgan fingerprint density at radius 3 is 2.19 bits per heavy atom. The van der Waals surface area contributed by atoms with Gasteiger partial charge in [0.05, 0.1) is 0 Å². The first-order valence-electron chi connectivity index (χ1n) is 11.3. The third-order valence-corrected chi connectivity index (χ3v) is 6.57. The number of nitrogens with one attached hydrogen (secondary N) is 1. The van der Waals surface area contributed by atoms with Crippen molar-refractivity contribution < 1.29 is 14.4 Å². The maximum Gasteiger partial charge on any atom is 0.261 e. The molecule has 0 saturated carbocycles. The van der Waals surface area contributed by atoms with Crippen LogP contribution in [0.25, 0.3) is 10.8 Å². The highest BCUT2D eigenvalue weighted by molar-refractivity contribution is 6.25. The van der Waals surface area contributed by atoms with Crippen molar-refractivity contribution in [3.8, 4) is 0 Å². The van der Waals surface area contributed by atoms with Crippen LogP contribution in [0.15, 0.2) is 36.4 Å². The van der Waals surface area contributed by atoms with Crippen LogP contribution in [0.4, 0.5) is 0 Å². The van der Waals surface area contributed by atoms with E-state index in [0.29, 0.717) is 30.5 Å². The molecular weight excluding hydrogens is 390 g/mol. The molecule has 4 rings (SSSR count). The van der Waals surface area contributed by atoms with Crippen LogP contribution < -0.4 is 5.32 Å². The average Bonchev–Trinajstić information content (AvgIpc) is 2.79. The summed E-state index contributed by atoms with van der Waals surface area (Å²) in [6.45, 7) is 7.34. The van der Waals surface area contributed by atoms with Gasteiger partial charge in [0.25, 0.3) is 11.8 Å². The van der Waals surface area contributed by atoms with Crippen LogP contribution in [0.1, 0.15) is 66.7 Å². The minimum atomic E-state index is -0.277. The number of hydrogen-bond acceptors (Lipinski definition) is 4. The first kappa shape index (κ1) is 21.5. The van der Waals surface area contributed by atoms with Gasteiger partial charge in [-0.05, 0) is 63.7 Å². The van der Waals surface area contributed by atoms with E-state index >= 15 is 0 Å². The number of piperidine rings is 1. The zero-order valence-electron chi connectivity index (χ0n) is 18.4. The normalized spacial score (nSPS) is 17.3. The van der Waals surface area contributed by atoms with E-state index in [9.17, 15) is 14.4 Å². The van der Waals surface area contributed by atoms with Gasteiger partial charge in [0.2, 0.25) is 5.91 Å². The second kappa shape index (κ2) is 8.79. The van der Waals surface area contributed by atoms with Gasteiger partial charge in [-0.25, -0.2) is 0 Å². The zero-order valence-corrected chi connectivity index (χ0v) is 18.4. The molecule has 31 heavy (non-hydrogen) atoms. The van der Waals surface area contributed by atoms with E-state index in [2.05, 4.69) is 24.1 Å². The average molecular weight is 422 g/mol. The van der Waals surface area contributed by atoms with Crippen LogP contribution >= 0.6 is 0 Å². The van der Waals surface area contributed by atoms with E-state index in [-0.39, 0.29) is 29.8 Å². The molecule has 0 aromatic heterocycles. The maximum absolute atomic E-state index is 12.9. The quantitative estimate of drug-likeness (QED) is 0.694. The van der Waals surface area contributed by atoms with Crippen LogP contribution in [0.5, 0.6) is 0 Å². The van der Waals surface area contributed by atoms with E-state index in [1.165, 1.54) is 24.2 Å². The second-order valence-corrected chi connectivity index (χ2v) is 9.21. The van der Waals surface area contributed by atoms with Crippen LogP contribution in [0, 0.1) is 0 Å². The fourth-order valence-corrected chi connectivity index (χ4v) is 4.70. The van der Waals surface area contributed by atoms with Crippen molar-refractivity contribution in [3.05, 3.63) is 47.5 Å². The molecule has 0 unspecified atom stereocenters. The monoisotopic (exact) mass is 421 g/mol. The van der Waals surface area contributed by atoms with Crippen molar-refractivity contribution >= 4 is 28.5 Å². The lowest BCUT2D eigenvalue weighted by Crippen LogP contribution is -2.53. The van der Waals surface area contributed by atoms with Crippen molar-refractivity contribution in [2.24, 2.45) is 0 Å². The van der Waals surface area contributed by atoms with Gasteiger partial charge in [-0.3, -0.25) is 24.2 Å². The molecule has 3 amide bonds. The Balaban J connectivity index is 1.32. The van der Waals surface area contributed by atoms with E-state index in [0.717, 1.165) is 23.9 Å². The summed E-state index contributed by atoms with van der Waals surface area (Å²) < 4.78 is 0. The number of imide groups is 1. The Kier molecular flexibility index (Phi) is 6.10. The predicted molar refractivity (Wildman–Crippen MR) is 121 cm³/mol. The van der Waals surface area contributed by atoms with Gasteiger partial charge >= 0.3 is 0 Å². The molecule has 6 heteroatoms. The molecule has 164 valence electrons. The number of carbonyl (C=O) groups excluding carboxylic acids is 3. The molecule has 0 atom stereocenters. The van der Waals surface area contributed by atoms with E-state index in [4.69, 9.17) is 0 Å². The topological polar surface area (TPSA) is 69.7 Å². The Labute approximate surface area is 183 Å². The van der Waals surface area contributed by atoms with Crippen LogP contribution in [0.2, 0.25) is 0 Å². The van der Waals surface area contributed by atoms with E-state index in [1.54, 1.807) is 12.1 Å². The van der Waals surface area contributed by atoms with Gasteiger partial charge < -0.3 is 5.32 Å². The highest BCUT2D eigenvalue weighted by Gasteiger charge is 2.32. The third kappa shape index (κ3) is 4.35. The minimum absolute atomic E-state index is 0.0375. The highest BCUT2D eigenvalue weighted by atomic mass is 16.2. The molecule has 6 nitrogen and oxygen atoms in total. The number of nitrogens with zero attached hydrogens (tertiary/aromatic N) is 2. The zero-order chi connectivity index (χ0) is 22.0. The molecule has 1 fully saturated rings. The summed E-state index contributed by atoms with van der Waals surface area (Å²) in [5.41, 5.74) is 1.04. The number of carbonyl (C=O) groups is 3. The summed E-state index contributed by atoms with van der Waals surface area (Å²) in [6.07, 6.45) is 4.45. The van der Waals surface area contributed by atoms with Gasteiger partial charge in [-0.2, -0.15) is 0 Å². The van der Waals surface area contributed by atoms with Gasteiger partial charge in [-0.1, -0.05) is 30.7 Å². The minimum Gasteiger partial charge on any atom is -0.354 e. The molecular formula is C25H31N3O3. The number of likely N-dealkylation sites (tertiary alicyclic amines) is 1. The Morgan fingerprint density at radius 2 is 1.58 bits per heavy atom. The number of rotatable bonds is 7. The molecule has 2 aromatic rings. The first-order valence-corrected chi connectivity index (χ1v) is 11.3. The maximum atomic E-state index is 12.9. The molecule has 2 aliphatic heterocycles. The van der Waals surface area contributed by atoms with Crippen molar-refractivity contribution in [3.63, 3.8) is 0 Å². The number of benzene rings is 2. The van der Waals surface area contributed by atoms with E-state index in [1.807, 2.05) is 24.3 Å². The standard InChI is InChI=1S/C25H31N3O3/c1-25(2,27-14-4-3-5-15-27)17-26-21(29)13-8-16-28-23(30)19-11-6-9-18-10-7-12-20(22(18)19)24(28)31/h6-7,9-12H,3-5,8,13-17H2,1-2H3,(H,26,29). The summed E-state index contributed by atoms with van der Waals surface area (Å²) >= 11 is 0. The number of hydrogen-bond donors (Lipinski definition) is 1.